The predicted molar refractivity (Wildman–Crippen MR) is 91.8 cm³/mol. The molecule has 0 aliphatic carbocycles. The smallest absolute Gasteiger partial charge is 0.308 e. The highest BCUT2D eigenvalue weighted by atomic mass is 32.1. The highest BCUT2D eigenvalue weighted by molar-refractivity contribution is 7.08. The number of carbonyl (C=O) groups excluding carboxylic acids is 1. The summed E-state index contributed by atoms with van der Waals surface area (Å²) in [6.07, 6.45) is 0. The lowest BCUT2D eigenvalue weighted by Gasteiger charge is -2.11. The van der Waals surface area contributed by atoms with Crippen LogP contribution in [-0.2, 0) is 11.4 Å². The molecule has 3 nitrogen and oxygen atoms in total. The summed E-state index contributed by atoms with van der Waals surface area (Å²) >= 11 is 1.68. The van der Waals surface area contributed by atoms with Crippen molar-refractivity contribution in [1.82, 2.24) is 0 Å². The molecule has 0 aliphatic heterocycles. The quantitative estimate of drug-likeness (QED) is 0.493. The second kappa shape index (κ2) is 7.11. The molecule has 0 fully saturated rings. The topological polar surface area (TPSA) is 35.5 Å². The number of esters is 1. The lowest BCUT2D eigenvalue weighted by Crippen LogP contribution is -2.01. The summed E-state index contributed by atoms with van der Waals surface area (Å²) in [6, 6.07) is 17.4. The van der Waals surface area contributed by atoms with E-state index in [0.717, 1.165) is 11.3 Å². The van der Waals surface area contributed by atoms with Crippen molar-refractivity contribution in [3.05, 3.63) is 70.9 Å². The number of ether oxygens (including phenoxy) is 2. The van der Waals surface area contributed by atoms with Crippen molar-refractivity contribution in [2.45, 2.75) is 13.5 Å². The number of hydrogen-bond acceptors (Lipinski definition) is 4. The summed E-state index contributed by atoms with van der Waals surface area (Å²) in [7, 11) is 0. The van der Waals surface area contributed by atoms with Crippen LogP contribution >= 0.6 is 11.3 Å². The van der Waals surface area contributed by atoms with Crippen LogP contribution in [0.5, 0.6) is 11.5 Å². The van der Waals surface area contributed by atoms with Gasteiger partial charge in [-0.2, -0.15) is 11.3 Å². The Balaban J connectivity index is 1.70. The minimum absolute atomic E-state index is 0.330. The van der Waals surface area contributed by atoms with Crippen LogP contribution in [-0.4, -0.2) is 5.97 Å². The van der Waals surface area contributed by atoms with Gasteiger partial charge in [0.1, 0.15) is 18.1 Å². The van der Waals surface area contributed by atoms with E-state index < -0.39 is 0 Å². The van der Waals surface area contributed by atoms with Crippen LogP contribution in [0.1, 0.15) is 12.5 Å². The molecule has 0 bridgehead atoms. The van der Waals surface area contributed by atoms with E-state index in [0.29, 0.717) is 12.4 Å². The largest absolute Gasteiger partial charge is 0.489 e. The average Bonchev–Trinajstić information content (AvgIpc) is 3.08. The number of benzene rings is 2. The summed E-state index contributed by atoms with van der Waals surface area (Å²) in [4.78, 5) is 10.9. The molecule has 0 radical (unpaired) electrons. The Kier molecular flexibility index (Phi) is 4.74. The summed E-state index contributed by atoms with van der Waals surface area (Å²) in [5.74, 6) is 0.924. The fourth-order valence-electron chi connectivity index (χ4n) is 2.28. The van der Waals surface area contributed by atoms with Gasteiger partial charge < -0.3 is 9.47 Å². The first-order chi connectivity index (χ1) is 11.2. The van der Waals surface area contributed by atoms with Crippen LogP contribution < -0.4 is 9.47 Å². The average molecular weight is 324 g/mol. The molecule has 3 aromatic rings. The minimum atomic E-state index is -0.330. The molecule has 0 saturated carbocycles. The molecule has 0 aliphatic rings. The van der Waals surface area contributed by atoms with Gasteiger partial charge >= 0.3 is 5.97 Å². The summed E-state index contributed by atoms with van der Waals surface area (Å²) in [6.45, 7) is 1.87. The number of rotatable bonds is 5. The van der Waals surface area contributed by atoms with Gasteiger partial charge in [-0.1, -0.05) is 24.3 Å². The normalized spacial score (nSPS) is 10.3. The monoisotopic (exact) mass is 324 g/mol. The van der Waals surface area contributed by atoms with E-state index >= 15 is 0 Å². The maximum Gasteiger partial charge on any atom is 0.308 e. The van der Waals surface area contributed by atoms with Crippen molar-refractivity contribution in [2.24, 2.45) is 0 Å². The Labute approximate surface area is 139 Å². The Morgan fingerprint density at radius 2 is 1.74 bits per heavy atom. The molecule has 0 spiro atoms. The van der Waals surface area contributed by atoms with Crippen molar-refractivity contribution in [3.63, 3.8) is 0 Å². The van der Waals surface area contributed by atoms with E-state index in [1.165, 1.54) is 18.1 Å². The van der Waals surface area contributed by atoms with Gasteiger partial charge in [0.05, 0.1) is 0 Å². The molecule has 4 heteroatoms. The molecule has 0 amide bonds. The summed E-state index contributed by atoms with van der Waals surface area (Å²) < 4.78 is 10.9. The zero-order valence-corrected chi connectivity index (χ0v) is 13.5. The van der Waals surface area contributed by atoms with E-state index in [9.17, 15) is 4.79 Å². The Morgan fingerprint density at radius 1 is 1.00 bits per heavy atom. The lowest BCUT2D eigenvalue weighted by atomic mass is 10.0. The highest BCUT2D eigenvalue weighted by Gasteiger charge is 2.06. The molecule has 23 heavy (non-hydrogen) atoms. The molecule has 0 atom stereocenters. The third-order valence-electron chi connectivity index (χ3n) is 3.33. The highest BCUT2D eigenvalue weighted by Crippen LogP contribution is 2.27. The second-order valence-electron chi connectivity index (χ2n) is 5.02. The van der Waals surface area contributed by atoms with Crippen LogP contribution in [0.15, 0.2) is 65.4 Å². The third kappa shape index (κ3) is 3.99. The second-order valence-corrected chi connectivity index (χ2v) is 5.80. The fourth-order valence-corrected chi connectivity index (χ4v) is 2.93. The van der Waals surface area contributed by atoms with Crippen LogP contribution in [0, 0.1) is 0 Å². The first-order valence-corrected chi connectivity index (χ1v) is 8.18. The number of hydrogen-bond donors (Lipinski definition) is 0. The Hall–Kier alpha value is -2.59. The lowest BCUT2D eigenvalue weighted by molar-refractivity contribution is -0.131. The van der Waals surface area contributed by atoms with Gasteiger partial charge in [-0.3, -0.25) is 4.79 Å². The Bertz CT molecular complexity index is 777. The van der Waals surface area contributed by atoms with Crippen LogP contribution in [0.2, 0.25) is 0 Å². The predicted octanol–water partition coefficient (Wildman–Crippen LogP) is 4.92. The number of carbonyl (C=O) groups is 1. The first kappa shape index (κ1) is 15.3. The summed E-state index contributed by atoms with van der Waals surface area (Å²) in [5, 5.41) is 4.20. The molecule has 3 rings (SSSR count). The molecule has 0 N–H and O–H groups in total. The SMILES string of the molecule is CC(=O)Oc1ccc(OCc2ccccc2-c2ccsc2)cc1. The molecular weight excluding hydrogens is 308 g/mol. The molecular formula is C19H16O3S. The molecule has 2 aromatic carbocycles. The van der Waals surface area contributed by atoms with E-state index in [-0.39, 0.29) is 5.97 Å². The zero-order valence-electron chi connectivity index (χ0n) is 12.7. The van der Waals surface area contributed by atoms with E-state index in [1.807, 2.05) is 12.1 Å². The zero-order chi connectivity index (χ0) is 16.1. The standard InChI is InChI=1S/C19H16O3S/c1-14(20)22-18-8-6-17(7-9-18)21-12-15-4-2-3-5-19(15)16-10-11-23-13-16/h2-11,13H,12H2,1H3. The van der Waals surface area contributed by atoms with Gasteiger partial charge in [0.2, 0.25) is 0 Å². The van der Waals surface area contributed by atoms with Gasteiger partial charge in [0, 0.05) is 6.92 Å². The van der Waals surface area contributed by atoms with Crippen molar-refractivity contribution >= 4 is 17.3 Å². The molecule has 116 valence electrons. The van der Waals surface area contributed by atoms with E-state index in [4.69, 9.17) is 9.47 Å². The molecule has 0 saturated heterocycles. The van der Waals surface area contributed by atoms with E-state index in [1.54, 1.807) is 35.6 Å². The van der Waals surface area contributed by atoms with Crippen molar-refractivity contribution in [2.75, 3.05) is 0 Å². The Morgan fingerprint density at radius 3 is 2.43 bits per heavy atom. The van der Waals surface area contributed by atoms with Gasteiger partial charge in [0.15, 0.2) is 0 Å². The molecule has 1 aromatic heterocycles. The first-order valence-electron chi connectivity index (χ1n) is 7.24. The van der Waals surface area contributed by atoms with Gasteiger partial charge in [-0.05, 0) is 57.8 Å². The van der Waals surface area contributed by atoms with E-state index in [2.05, 4.69) is 29.0 Å². The van der Waals surface area contributed by atoms with Crippen molar-refractivity contribution in [1.29, 1.82) is 0 Å². The van der Waals surface area contributed by atoms with Gasteiger partial charge in [-0.15, -0.1) is 0 Å². The maximum absolute atomic E-state index is 10.9. The third-order valence-corrected chi connectivity index (χ3v) is 4.01. The molecule has 1 heterocycles. The minimum Gasteiger partial charge on any atom is -0.489 e. The van der Waals surface area contributed by atoms with Gasteiger partial charge in [-0.25, -0.2) is 0 Å². The maximum atomic E-state index is 10.9. The van der Waals surface area contributed by atoms with Crippen LogP contribution in [0.4, 0.5) is 0 Å². The van der Waals surface area contributed by atoms with Crippen molar-refractivity contribution < 1.29 is 14.3 Å². The van der Waals surface area contributed by atoms with Crippen LogP contribution in [0.25, 0.3) is 11.1 Å². The van der Waals surface area contributed by atoms with Crippen LogP contribution in [0.3, 0.4) is 0 Å². The molecule has 0 unspecified atom stereocenters. The number of thiophene rings is 1. The van der Waals surface area contributed by atoms with Gasteiger partial charge in [0.25, 0.3) is 0 Å². The summed E-state index contributed by atoms with van der Waals surface area (Å²) in [5.41, 5.74) is 3.53. The fraction of sp³-hybridized carbons (Fsp3) is 0.105. The van der Waals surface area contributed by atoms with Crippen molar-refractivity contribution in [3.8, 4) is 22.6 Å².